The topological polar surface area (TPSA) is 21.3 Å². The van der Waals surface area contributed by atoms with Gasteiger partial charge in [0.25, 0.3) is 0 Å². The van der Waals surface area contributed by atoms with Gasteiger partial charge in [-0.1, -0.05) is 29.8 Å². The van der Waals surface area contributed by atoms with Crippen molar-refractivity contribution in [1.82, 2.24) is 5.32 Å². The molecule has 0 radical (unpaired) electrons. The van der Waals surface area contributed by atoms with E-state index in [9.17, 15) is 0 Å². The van der Waals surface area contributed by atoms with Crippen molar-refractivity contribution in [3.05, 3.63) is 59.2 Å². The molecular weight excluding hydrogens is 222 g/mol. The Morgan fingerprint density at radius 2 is 1.72 bits per heavy atom. The first-order valence-corrected chi connectivity index (χ1v) is 6.17. The molecule has 2 heteroatoms. The van der Waals surface area contributed by atoms with Crippen LogP contribution in [-0.2, 0) is 6.54 Å². The first kappa shape index (κ1) is 12.7. The largest absolute Gasteiger partial charge is 0.457 e. The molecule has 0 aliphatic heterocycles. The van der Waals surface area contributed by atoms with E-state index >= 15 is 0 Å². The van der Waals surface area contributed by atoms with Crippen LogP contribution in [-0.4, -0.2) is 7.05 Å². The van der Waals surface area contributed by atoms with E-state index in [-0.39, 0.29) is 0 Å². The van der Waals surface area contributed by atoms with E-state index < -0.39 is 0 Å². The summed E-state index contributed by atoms with van der Waals surface area (Å²) in [5.74, 6) is 1.80. The van der Waals surface area contributed by atoms with Crippen molar-refractivity contribution in [2.24, 2.45) is 0 Å². The lowest BCUT2D eigenvalue weighted by Crippen LogP contribution is -2.05. The second-order valence-electron chi connectivity index (χ2n) is 4.55. The molecular formula is C16H19NO. The highest BCUT2D eigenvalue weighted by Gasteiger charge is 2.03. The van der Waals surface area contributed by atoms with Crippen LogP contribution in [0.5, 0.6) is 11.5 Å². The van der Waals surface area contributed by atoms with E-state index in [0.29, 0.717) is 0 Å². The van der Waals surface area contributed by atoms with Crippen LogP contribution < -0.4 is 10.1 Å². The van der Waals surface area contributed by atoms with Gasteiger partial charge in [-0.05, 0) is 50.2 Å². The van der Waals surface area contributed by atoms with Crippen molar-refractivity contribution >= 4 is 0 Å². The van der Waals surface area contributed by atoms with Crippen molar-refractivity contribution in [2.75, 3.05) is 7.05 Å². The monoisotopic (exact) mass is 241 g/mol. The standard InChI is InChI=1S/C16H19NO/c1-12-4-8-15(9-5-12)18-16-10-14(11-17-3)7-6-13(16)2/h4-10,17H,11H2,1-3H3. The molecule has 2 nitrogen and oxygen atoms in total. The Kier molecular flexibility index (Phi) is 4.00. The summed E-state index contributed by atoms with van der Waals surface area (Å²) < 4.78 is 5.92. The number of benzene rings is 2. The Labute approximate surface area is 109 Å². The fourth-order valence-electron chi connectivity index (χ4n) is 1.80. The molecule has 94 valence electrons. The summed E-state index contributed by atoms with van der Waals surface area (Å²) in [7, 11) is 1.94. The third kappa shape index (κ3) is 3.11. The summed E-state index contributed by atoms with van der Waals surface area (Å²) in [6, 6.07) is 14.4. The van der Waals surface area contributed by atoms with Crippen molar-refractivity contribution < 1.29 is 4.74 Å². The fourth-order valence-corrected chi connectivity index (χ4v) is 1.80. The molecule has 0 saturated heterocycles. The number of rotatable bonds is 4. The Hall–Kier alpha value is -1.80. The van der Waals surface area contributed by atoms with E-state index in [1.807, 2.05) is 19.2 Å². The highest BCUT2D eigenvalue weighted by Crippen LogP contribution is 2.26. The highest BCUT2D eigenvalue weighted by atomic mass is 16.5. The third-order valence-corrected chi connectivity index (χ3v) is 2.88. The van der Waals surface area contributed by atoms with Crippen LogP contribution in [0.3, 0.4) is 0 Å². The zero-order valence-corrected chi connectivity index (χ0v) is 11.2. The Balaban J connectivity index is 2.22. The second-order valence-corrected chi connectivity index (χ2v) is 4.55. The maximum absolute atomic E-state index is 5.92. The van der Waals surface area contributed by atoms with Gasteiger partial charge in [0.05, 0.1) is 0 Å². The number of ether oxygens (including phenoxy) is 1. The van der Waals surface area contributed by atoms with Crippen LogP contribution in [0.25, 0.3) is 0 Å². The van der Waals surface area contributed by atoms with Gasteiger partial charge in [0.15, 0.2) is 0 Å². The Bertz CT molecular complexity index is 517. The summed E-state index contributed by atoms with van der Waals surface area (Å²) in [6.45, 7) is 4.99. The molecule has 2 aromatic carbocycles. The van der Waals surface area contributed by atoms with E-state index in [1.54, 1.807) is 0 Å². The molecule has 0 unspecified atom stereocenters. The molecule has 0 aliphatic carbocycles. The van der Waals surface area contributed by atoms with Crippen LogP contribution in [0.1, 0.15) is 16.7 Å². The molecule has 0 aromatic heterocycles. The number of hydrogen-bond donors (Lipinski definition) is 1. The fraction of sp³-hybridized carbons (Fsp3) is 0.250. The van der Waals surface area contributed by atoms with Gasteiger partial charge in [0.2, 0.25) is 0 Å². The molecule has 2 aromatic rings. The minimum Gasteiger partial charge on any atom is -0.457 e. The molecule has 0 atom stereocenters. The number of hydrogen-bond acceptors (Lipinski definition) is 2. The lowest BCUT2D eigenvalue weighted by Gasteiger charge is -2.11. The number of nitrogens with one attached hydrogen (secondary N) is 1. The molecule has 0 aliphatic rings. The second kappa shape index (κ2) is 5.69. The summed E-state index contributed by atoms with van der Waals surface area (Å²) in [5.41, 5.74) is 3.61. The predicted octanol–water partition coefficient (Wildman–Crippen LogP) is 3.82. The Morgan fingerprint density at radius 3 is 2.39 bits per heavy atom. The zero-order valence-electron chi connectivity index (χ0n) is 11.2. The Morgan fingerprint density at radius 1 is 1.00 bits per heavy atom. The third-order valence-electron chi connectivity index (χ3n) is 2.88. The maximum atomic E-state index is 5.92. The molecule has 0 saturated carbocycles. The van der Waals surface area contributed by atoms with Crippen LogP contribution >= 0.6 is 0 Å². The molecule has 18 heavy (non-hydrogen) atoms. The van der Waals surface area contributed by atoms with E-state index in [4.69, 9.17) is 4.74 Å². The van der Waals surface area contributed by atoms with Crippen LogP contribution in [0.15, 0.2) is 42.5 Å². The first-order chi connectivity index (χ1) is 8.69. The lowest BCUT2D eigenvalue weighted by atomic mass is 10.1. The van der Waals surface area contributed by atoms with Crippen molar-refractivity contribution in [2.45, 2.75) is 20.4 Å². The number of aryl methyl sites for hydroxylation is 2. The maximum Gasteiger partial charge on any atom is 0.130 e. The van der Waals surface area contributed by atoms with E-state index in [2.05, 4.69) is 49.5 Å². The normalized spacial score (nSPS) is 10.4. The SMILES string of the molecule is CNCc1ccc(C)c(Oc2ccc(C)cc2)c1. The average molecular weight is 241 g/mol. The molecule has 0 bridgehead atoms. The quantitative estimate of drug-likeness (QED) is 0.878. The minimum atomic E-state index is 0.852. The summed E-state index contributed by atoms with van der Waals surface area (Å²) in [6.07, 6.45) is 0. The molecule has 0 spiro atoms. The van der Waals surface area contributed by atoms with Crippen LogP contribution in [0.4, 0.5) is 0 Å². The molecule has 0 amide bonds. The van der Waals surface area contributed by atoms with Gasteiger partial charge in [0, 0.05) is 6.54 Å². The lowest BCUT2D eigenvalue weighted by molar-refractivity contribution is 0.478. The average Bonchev–Trinajstić information content (AvgIpc) is 2.36. The van der Waals surface area contributed by atoms with Gasteiger partial charge in [-0.2, -0.15) is 0 Å². The van der Waals surface area contributed by atoms with E-state index in [0.717, 1.165) is 23.6 Å². The highest BCUT2D eigenvalue weighted by molar-refractivity contribution is 5.40. The first-order valence-electron chi connectivity index (χ1n) is 6.17. The van der Waals surface area contributed by atoms with Gasteiger partial charge in [-0.3, -0.25) is 0 Å². The van der Waals surface area contributed by atoms with Gasteiger partial charge in [-0.25, -0.2) is 0 Å². The molecule has 0 heterocycles. The smallest absolute Gasteiger partial charge is 0.130 e. The van der Waals surface area contributed by atoms with Gasteiger partial charge in [-0.15, -0.1) is 0 Å². The minimum absolute atomic E-state index is 0.852. The zero-order chi connectivity index (χ0) is 13.0. The van der Waals surface area contributed by atoms with Crippen LogP contribution in [0, 0.1) is 13.8 Å². The van der Waals surface area contributed by atoms with Gasteiger partial charge < -0.3 is 10.1 Å². The van der Waals surface area contributed by atoms with Crippen LogP contribution in [0.2, 0.25) is 0 Å². The molecule has 1 N–H and O–H groups in total. The van der Waals surface area contributed by atoms with E-state index in [1.165, 1.54) is 11.1 Å². The molecule has 0 fully saturated rings. The summed E-state index contributed by atoms with van der Waals surface area (Å²) >= 11 is 0. The van der Waals surface area contributed by atoms with Crippen molar-refractivity contribution in [3.63, 3.8) is 0 Å². The van der Waals surface area contributed by atoms with Gasteiger partial charge >= 0.3 is 0 Å². The summed E-state index contributed by atoms with van der Waals surface area (Å²) in [4.78, 5) is 0. The molecule has 2 rings (SSSR count). The van der Waals surface area contributed by atoms with Gasteiger partial charge in [0.1, 0.15) is 11.5 Å². The summed E-state index contributed by atoms with van der Waals surface area (Å²) in [5, 5.41) is 3.15. The van der Waals surface area contributed by atoms with Crippen molar-refractivity contribution in [1.29, 1.82) is 0 Å². The predicted molar refractivity (Wildman–Crippen MR) is 75.2 cm³/mol. The van der Waals surface area contributed by atoms with Crippen molar-refractivity contribution in [3.8, 4) is 11.5 Å².